The van der Waals surface area contributed by atoms with Gasteiger partial charge in [0.2, 0.25) is 0 Å². The molecule has 2 N–H and O–H groups in total. The number of halogens is 1. The van der Waals surface area contributed by atoms with Gasteiger partial charge in [-0.15, -0.1) is 0 Å². The van der Waals surface area contributed by atoms with Crippen LogP contribution >= 0.6 is 15.9 Å². The summed E-state index contributed by atoms with van der Waals surface area (Å²) in [4.78, 5) is 10.4. The Labute approximate surface area is 102 Å². The predicted molar refractivity (Wildman–Crippen MR) is 65.3 cm³/mol. The van der Waals surface area contributed by atoms with Gasteiger partial charge in [-0.3, -0.25) is 10.1 Å². The van der Waals surface area contributed by atoms with E-state index in [1.807, 2.05) is 6.07 Å². The van der Waals surface area contributed by atoms with Crippen molar-refractivity contribution in [2.45, 2.75) is 25.8 Å². The molecule has 2 unspecified atom stereocenters. The van der Waals surface area contributed by atoms with Crippen LogP contribution in [-0.2, 0) is 0 Å². The molecule has 1 aliphatic rings. The Morgan fingerprint density at radius 2 is 2.00 bits per heavy atom. The molecule has 1 aromatic carbocycles. The molecule has 0 radical (unpaired) electrons. The number of nitrogens with zero attached hydrogens (tertiary/aromatic N) is 1. The van der Waals surface area contributed by atoms with E-state index in [0.717, 1.165) is 10.0 Å². The van der Waals surface area contributed by atoms with E-state index < -0.39 is 0 Å². The summed E-state index contributed by atoms with van der Waals surface area (Å²) < 4.78 is 0.728. The molecule has 0 saturated heterocycles. The second kappa shape index (κ2) is 3.53. The highest BCUT2D eigenvalue weighted by Crippen LogP contribution is 2.57. The fraction of sp³-hybridized carbons (Fsp3) is 0.455. The molecule has 1 saturated carbocycles. The van der Waals surface area contributed by atoms with Crippen molar-refractivity contribution < 1.29 is 4.92 Å². The average molecular weight is 285 g/mol. The fourth-order valence-electron chi connectivity index (χ4n) is 2.20. The molecule has 5 heteroatoms. The second-order valence-electron chi connectivity index (χ2n) is 4.82. The van der Waals surface area contributed by atoms with Crippen molar-refractivity contribution in [1.29, 1.82) is 0 Å². The molecule has 1 aromatic rings. The van der Waals surface area contributed by atoms with E-state index in [9.17, 15) is 10.1 Å². The lowest BCUT2D eigenvalue weighted by Crippen LogP contribution is -2.06. The zero-order valence-corrected chi connectivity index (χ0v) is 10.7. The monoisotopic (exact) mass is 284 g/mol. The minimum atomic E-state index is -0.380. The predicted octanol–water partition coefficient (Wildman–Crippen LogP) is 2.81. The molecular formula is C11H13BrN2O2. The molecule has 0 amide bonds. The Morgan fingerprint density at radius 1 is 1.44 bits per heavy atom. The van der Waals surface area contributed by atoms with Crippen molar-refractivity contribution >= 4 is 21.6 Å². The van der Waals surface area contributed by atoms with Crippen LogP contribution in [0.25, 0.3) is 0 Å². The first-order chi connectivity index (χ1) is 7.34. The molecule has 0 heterocycles. The van der Waals surface area contributed by atoms with Gasteiger partial charge in [0.05, 0.1) is 4.92 Å². The zero-order chi connectivity index (χ0) is 12.1. The minimum absolute atomic E-state index is 0.0364. The van der Waals surface area contributed by atoms with Crippen LogP contribution in [0.3, 0.4) is 0 Å². The maximum atomic E-state index is 10.7. The average Bonchev–Trinajstić information content (AvgIpc) is 2.64. The lowest BCUT2D eigenvalue weighted by Gasteiger charge is -2.03. The molecule has 0 aromatic heterocycles. The maximum absolute atomic E-state index is 10.7. The van der Waals surface area contributed by atoms with Gasteiger partial charge in [-0.25, -0.2) is 0 Å². The van der Waals surface area contributed by atoms with E-state index in [0.29, 0.717) is 0 Å². The third-order valence-electron chi connectivity index (χ3n) is 3.39. The number of nitro benzene ring substituents is 1. The van der Waals surface area contributed by atoms with Crippen LogP contribution in [0.5, 0.6) is 0 Å². The van der Waals surface area contributed by atoms with Crippen LogP contribution in [0.1, 0.15) is 25.3 Å². The van der Waals surface area contributed by atoms with E-state index >= 15 is 0 Å². The molecule has 1 fully saturated rings. The molecule has 1 aliphatic carbocycles. The number of benzene rings is 1. The summed E-state index contributed by atoms with van der Waals surface area (Å²) in [6.45, 7) is 4.16. The largest absolute Gasteiger partial charge is 0.327 e. The maximum Gasteiger partial charge on any atom is 0.270 e. The molecule has 2 atom stereocenters. The number of rotatable bonds is 2. The topological polar surface area (TPSA) is 69.2 Å². The Balaban J connectivity index is 2.40. The molecule has 0 aliphatic heterocycles. The molecule has 86 valence electrons. The standard InChI is InChI=1S/C11H13BrN2O2/c1-11(2)9(10(11)13)6-3-7(12)5-8(4-6)14(15)16/h3-5,9-10H,13H2,1-2H3. The highest BCUT2D eigenvalue weighted by molar-refractivity contribution is 9.10. The Hall–Kier alpha value is -0.940. The number of nitro groups is 1. The first kappa shape index (κ1) is 11.5. The summed E-state index contributed by atoms with van der Waals surface area (Å²) in [6.07, 6.45) is 0. The van der Waals surface area contributed by atoms with Crippen molar-refractivity contribution in [3.63, 3.8) is 0 Å². The quantitative estimate of drug-likeness (QED) is 0.671. The Bertz CT molecular complexity index is 459. The van der Waals surface area contributed by atoms with Gasteiger partial charge in [-0.05, 0) is 17.0 Å². The molecular weight excluding hydrogens is 272 g/mol. The van der Waals surface area contributed by atoms with Crippen molar-refractivity contribution in [3.05, 3.63) is 38.3 Å². The normalized spacial score (nSPS) is 26.5. The molecule has 16 heavy (non-hydrogen) atoms. The first-order valence-corrected chi connectivity index (χ1v) is 5.84. The van der Waals surface area contributed by atoms with Gasteiger partial charge in [0.1, 0.15) is 0 Å². The lowest BCUT2D eigenvalue weighted by atomic mass is 10.0. The summed E-state index contributed by atoms with van der Waals surface area (Å²) in [5, 5.41) is 10.7. The minimum Gasteiger partial charge on any atom is -0.327 e. The number of hydrogen-bond acceptors (Lipinski definition) is 3. The van der Waals surface area contributed by atoms with E-state index in [4.69, 9.17) is 5.73 Å². The van der Waals surface area contributed by atoms with Gasteiger partial charge >= 0.3 is 0 Å². The zero-order valence-electron chi connectivity index (χ0n) is 9.11. The van der Waals surface area contributed by atoms with Crippen LogP contribution in [0, 0.1) is 15.5 Å². The van der Waals surface area contributed by atoms with Crippen LogP contribution in [0.2, 0.25) is 0 Å². The van der Waals surface area contributed by atoms with Crippen molar-refractivity contribution in [2.75, 3.05) is 0 Å². The van der Waals surface area contributed by atoms with Crippen LogP contribution in [0.4, 0.5) is 5.69 Å². The third-order valence-corrected chi connectivity index (χ3v) is 3.84. The van der Waals surface area contributed by atoms with Crippen LogP contribution in [0.15, 0.2) is 22.7 Å². The summed E-state index contributed by atoms with van der Waals surface area (Å²) in [6, 6.07) is 5.11. The van der Waals surface area contributed by atoms with Crippen LogP contribution in [-0.4, -0.2) is 11.0 Å². The van der Waals surface area contributed by atoms with Crippen molar-refractivity contribution in [2.24, 2.45) is 11.1 Å². The lowest BCUT2D eigenvalue weighted by molar-refractivity contribution is -0.385. The van der Waals surface area contributed by atoms with Gasteiger partial charge in [0, 0.05) is 28.6 Å². The van der Waals surface area contributed by atoms with E-state index in [2.05, 4.69) is 29.8 Å². The second-order valence-corrected chi connectivity index (χ2v) is 5.74. The first-order valence-electron chi connectivity index (χ1n) is 5.04. The SMILES string of the molecule is CC1(C)C(N)C1c1cc(Br)cc([N+](=O)[O-])c1. The Kier molecular flexibility index (Phi) is 2.55. The van der Waals surface area contributed by atoms with Gasteiger partial charge in [0.15, 0.2) is 0 Å². The van der Waals surface area contributed by atoms with Crippen LogP contribution < -0.4 is 5.73 Å². The number of nitrogens with two attached hydrogens (primary N) is 1. The van der Waals surface area contributed by atoms with Crippen molar-refractivity contribution in [1.82, 2.24) is 0 Å². The van der Waals surface area contributed by atoms with Gasteiger partial charge in [0.25, 0.3) is 5.69 Å². The molecule has 4 nitrogen and oxygen atoms in total. The molecule has 0 spiro atoms. The smallest absolute Gasteiger partial charge is 0.270 e. The summed E-state index contributed by atoms with van der Waals surface area (Å²) >= 11 is 3.29. The number of hydrogen-bond donors (Lipinski definition) is 1. The summed E-state index contributed by atoms with van der Waals surface area (Å²) in [5.41, 5.74) is 7.06. The molecule has 2 rings (SSSR count). The third kappa shape index (κ3) is 1.74. The van der Waals surface area contributed by atoms with E-state index in [1.54, 1.807) is 6.07 Å². The highest BCUT2D eigenvalue weighted by Gasteiger charge is 2.56. The van der Waals surface area contributed by atoms with E-state index in [1.165, 1.54) is 6.07 Å². The van der Waals surface area contributed by atoms with Gasteiger partial charge in [-0.2, -0.15) is 0 Å². The summed E-state index contributed by atoms with van der Waals surface area (Å²) in [7, 11) is 0. The Morgan fingerprint density at radius 3 is 2.44 bits per heavy atom. The van der Waals surface area contributed by atoms with E-state index in [-0.39, 0.29) is 28.0 Å². The number of non-ortho nitro benzene ring substituents is 1. The summed E-state index contributed by atoms with van der Waals surface area (Å²) in [5.74, 6) is 0.212. The fourth-order valence-corrected chi connectivity index (χ4v) is 2.69. The molecule has 0 bridgehead atoms. The van der Waals surface area contributed by atoms with Gasteiger partial charge in [-0.1, -0.05) is 29.8 Å². The highest BCUT2D eigenvalue weighted by atomic mass is 79.9. The van der Waals surface area contributed by atoms with Crippen molar-refractivity contribution in [3.8, 4) is 0 Å². The van der Waals surface area contributed by atoms with Gasteiger partial charge < -0.3 is 5.73 Å².